The molecule has 22 heavy (non-hydrogen) atoms. The average Bonchev–Trinajstić information content (AvgIpc) is 2.78. The molecule has 112 valence electrons. The highest BCUT2D eigenvalue weighted by atomic mass is 16.1. The van der Waals surface area contributed by atoms with Crippen LogP contribution in [-0.2, 0) is 0 Å². The highest BCUT2D eigenvalue weighted by Crippen LogP contribution is 2.20. The molecule has 0 radical (unpaired) electrons. The molecule has 2 aromatic heterocycles. The number of rotatable bonds is 3. The third-order valence-corrected chi connectivity index (χ3v) is 3.18. The minimum Gasteiger partial charge on any atom is -0.340 e. The van der Waals surface area contributed by atoms with Crippen LogP contribution < -0.4 is 10.9 Å². The quantitative estimate of drug-likeness (QED) is 0.779. The summed E-state index contributed by atoms with van der Waals surface area (Å²) in [7, 11) is 0. The lowest BCUT2D eigenvalue weighted by atomic mass is 10.2. The van der Waals surface area contributed by atoms with E-state index in [1.54, 1.807) is 11.6 Å². The van der Waals surface area contributed by atoms with Crippen LogP contribution >= 0.6 is 0 Å². The van der Waals surface area contributed by atoms with E-state index in [1.165, 1.54) is 6.07 Å². The minimum absolute atomic E-state index is 0.197. The Morgan fingerprint density at radius 1 is 1.09 bits per heavy atom. The van der Waals surface area contributed by atoms with Crippen molar-refractivity contribution in [2.75, 3.05) is 5.32 Å². The molecule has 1 aromatic carbocycles. The zero-order valence-corrected chi connectivity index (χ0v) is 12.7. The molecule has 0 aliphatic rings. The smallest absolute Gasteiger partial charge is 0.252 e. The average molecular weight is 295 g/mol. The standard InChI is InChI=1S/C16H17N5O/c1-10-5-4-6-13(7-10)18-14-8-12(3)20-21(14)16-17-11(2)9-15(22)19-16/h4-9,18H,1-3H3,(H,17,19,22). The van der Waals surface area contributed by atoms with Crippen LogP contribution in [0.15, 0.2) is 41.2 Å². The van der Waals surface area contributed by atoms with Gasteiger partial charge in [0.1, 0.15) is 5.82 Å². The number of hydrogen-bond acceptors (Lipinski definition) is 4. The van der Waals surface area contributed by atoms with Gasteiger partial charge in [0.25, 0.3) is 5.56 Å². The van der Waals surface area contributed by atoms with Gasteiger partial charge in [0.2, 0.25) is 5.95 Å². The van der Waals surface area contributed by atoms with Crippen molar-refractivity contribution in [1.82, 2.24) is 19.7 Å². The zero-order valence-electron chi connectivity index (χ0n) is 12.7. The predicted octanol–water partition coefficient (Wildman–Crippen LogP) is 2.62. The molecule has 3 rings (SSSR count). The number of aromatic amines is 1. The molecule has 3 aromatic rings. The molecule has 0 unspecified atom stereocenters. The van der Waals surface area contributed by atoms with Crippen LogP contribution in [0.25, 0.3) is 5.95 Å². The molecule has 0 atom stereocenters. The van der Waals surface area contributed by atoms with Crippen molar-refractivity contribution in [2.24, 2.45) is 0 Å². The van der Waals surface area contributed by atoms with Crippen molar-refractivity contribution in [3.8, 4) is 5.95 Å². The van der Waals surface area contributed by atoms with E-state index in [4.69, 9.17) is 0 Å². The van der Waals surface area contributed by atoms with Gasteiger partial charge in [-0.05, 0) is 38.5 Å². The molecule has 6 heteroatoms. The summed E-state index contributed by atoms with van der Waals surface area (Å²) in [5, 5.41) is 7.71. The molecule has 0 fully saturated rings. The van der Waals surface area contributed by atoms with Crippen molar-refractivity contribution in [1.29, 1.82) is 0 Å². The fourth-order valence-electron chi connectivity index (χ4n) is 2.28. The summed E-state index contributed by atoms with van der Waals surface area (Å²) in [6, 6.07) is 11.4. The maximum atomic E-state index is 11.6. The Labute approximate surface area is 127 Å². The van der Waals surface area contributed by atoms with Crippen molar-refractivity contribution >= 4 is 11.5 Å². The number of nitrogens with one attached hydrogen (secondary N) is 2. The molecule has 6 nitrogen and oxygen atoms in total. The van der Waals surface area contributed by atoms with Crippen LogP contribution in [0.1, 0.15) is 17.0 Å². The van der Waals surface area contributed by atoms with Crippen molar-refractivity contribution in [3.63, 3.8) is 0 Å². The van der Waals surface area contributed by atoms with Crippen molar-refractivity contribution in [2.45, 2.75) is 20.8 Å². The van der Waals surface area contributed by atoms with Gasteiger partial charge in [-0.2, -0.15) is 9.78 Å². The zero-order chi connectivity index (χ0) is 15.7. The van der Waals surface area contributed by atoms with E-state index < -0.39 is 0 Å². The number of aryl methyl sites for hydroxylation is 3. The van der Waals surface area contributed by atoms with E-state index in [1.807, 2.05) is 44.2 Å². The first-order chi connectivity index (χ1) is 10.5. The molecule has 2 N–H and O–H groups in total. The Balaban J connectivity index is 2.04. The van der Waals surface area contributed by atoms with Crippen LogP contribution in [0.3, 0.4) is 0 Å². The summed E-state index contributed by atoms with van der Waals surface area (Å²) in [5.41, 5.74) is 3.40. The molecule has 2 heterocycles. The molecule has 0 saturated heterocycles. The molecule has 0 amide bonds. The molecule has 0 aliphatic heterocycles. The second-order valence-electron chi connectivity index (χ2n) is 5.29. The lowest BCUT2D eigenvalue weighted by molar-refractivity contribution is 0.790. The Morgan fingerprint density at radius 3 is 2.64 bits per heavy atom. The molecule has 0 bridgehead atoms. The highest BCUT2D eigenvalue weighted by Gasteiger charge is 2.10. The fraction of sp³-hybridized carbons (Fsp3) is 0.188. The Kier molecular flexibility index (Phi) is 3.50. The number of benzene rings is 1. The summed E-state index contributed by atoms with van der Waals surface area (Å²) in [5.74, 6) is 1.14. The maximum absolute atomic E-state index is 11.6. The first kappa shape index (κ1) is 14.1. The Morgan fingerprint density at radius 2 is 1.91 bits per heavy atom. The second kappa shape index (κ2) is 5.48. The van der Waals surface area contributed by atoms with Gasteiger partial charge in [0, 0.05) is 23.5 Å². The monoisotopic (exact) mass is 295 g/mol. The summed E-state index contributed by atoms with van der Waals surface area (Å²) < 4.78 is 1.60. The summed E-state index contributed by atoms with van der Waals surface area (Å²) in [6.45, 7) is 5.71. The Bertz CT molecular complexity index is 878. The van der Waals surface area contributed by atoms with Crippen molar-refractivity contribution in [3.05, 3.63) is 63.7 Å². The lowest BCUT2D eigenvalue weighted by Crippen LogP contribution is -2.15. The highest BCUT2D eigenvalue weighted by molar-refractivity contribution is 5.58. The number of hydrogen-bond donors (Lipinski definition) is 2. The van der Waals surface area contributed by atoms with Crippen molar-refractivity contribution < 1.29 is 0 Å². The lowest BCUT2D eigenvalue weighted by Gasteiger charge is -2.09. The van der Waals surface area contributed by atoms with Gasteiger partial charge in [-0.25, -0.2) is 4.98 Å². The maximum Gasteiger partial charge on any atom is 0.252 e. The van der Waals surface area contributed by atoms with Crippen LogP contribution in [0.2, 0.25) is 0 Å². The van der Waals surface area contributed by atoms with E-state index in [0.29, 0.717) is 11.6 Å². The normalized spacial score (nSPS) is 10.7. The van der Waals surface area contributed by atoms with Gasteiger partial charge >= 0.3 is 0 Å². The molecule has 0 aliphatic carbocycles. The van der Waals surface area contributed by atoms with E-state index in [0.717, 1.165) is 22.8 Å². The first-order valence-electron chi connectivity index (χ1n) is 7.00. The van der Waals surface area contributed by atoms with Crippen LogP contribution in [0, 0.1) is 20.8 Å². The van der Waals surface area contributed by atoms with Gasteiger partial charge in [0.05, 0.1) is 5.69 Å². The SMILES string of the molecule is Cc1cccc(Nc2cc(C)nn2-c2nc(C)cc(=O)[nH]2)c1. The minimum atomic E-state index is -0.197. The van der Waals surface area contributed by atoms with E-state index >= 15 is 0 Å². The predicted molar refractivity (Wildman–Crippen MR) is 85.9 cm³/mol. The van der Waals surface area contributed by atoms with Crippen LogP contribution in [0.5, 0.6) is 0 Å². The third kappa shape index (κ3) is 2.90. The summed E-state index contributed by atoms with van der Waals surface area (Å²) >= 11 is 0. The van der Waals surface area contributed by atoms with Gasteiger partial charge in [-0.1, -0.05) is 12.1 Å². The van der Waals surface area contributed by atoms with Gasteiger partial charge in [-0.15, -0.1) is 0 Å². The summed E-state index contributed by atoms with van der Waals surface area (Å²) in [6.07, 6.45) is 0. The van der Waals surface area contributed by atoms with Crippen LogP contribution in [-0.4, -0.2) is 19.7 Å². The molecule has 0 saturated carbocycles. The first-order valence-corrected chi connectivity index (χ1v) is 7.00. The van der Waals surface area contributed by atoms with E-state index in [2.05, 4.69) is 20.4 Å². The summed E-state index contributed by atoms with van der Waals surface area (Å²) in [4.78, 5) is 18.7. The molecule has 0 spiro atoms. The van der Waals surface area contributed by atoms with E-state index in [-0.39, 0.29) is 5.56 Å². The largest absolute Gasteiger partial charge is 0.340 e. The van der Waals surface area contributed by atoms with Gasteiger partial charge in [0.15, 0.2) is 0 Å². The number of aromatic nitrogens is 4. The molecular weight excluding hydrogens is 278 g/mol. The second-order valence-corrected chi connectivity index (χ2v) is 5.29. The number of H-pyrrole nitrogens is 1. The Hall–Kier alpha value is -2.89. The molecular formula is C16H17N5O. The fourth-order valence-corrected chi connectivity index (χ4v) is 2.28. The van der Waals surface area contributed by atoms with Gasteiger partial charge in [-0.3, -0.25) is 9.78 Å². The van der Waals surface area contributed by atoms with Crippen LogP contribution in [0.4, 0.5) is 11.5 Å². The van der Waals surface area contributed by atoms with Gasteiger partial charge < -0.3 is 5.32 Å². The third-order valence-electron chi connectivity index (χ3n) is 3.18. The number of nitrogens with zero attached hydrogens (tertiary/aromatic N) is 3. The van der Waals surface area contributed by atoms with E-state index in [9.17, 15) is 4.79 Å². The topological polar surface area (TPSA) is 75.6 Å². The number of anilines is 2.